The number of amidine groups is 2. The van der Waals surface area contributed by atoms with Crippen LogP contribution in [0.15, 0.2) is 256 Å². The number of carboxylic acid groups (broad SMARTS) is 2. The number of alkyl halides is 5. The van der Waals surface area contributed by atoms with Crippen molar-refractivity contribution >= 4 is 203 Å². The number of halogens is 8. The number of phenols is 1. The molecule has 12 rings (SSSR count). The van der Waals surface area contributed by atoms with Crippen LogP contribution in [-0.4, -0.2) is 191 Å². The minimum absolute atomic E-state index is 0. The number of hydrogen-bond donors (Lipinski definition) is 3. The Labute approximate surface area is 963 Å². The minimum atomic E-state index is -4.64. The van der Waals surface area contributed by atoms with Crippen molar-refractivity contribution in [3.63, 3.8) is 0 Å². The van der Waals surface area contributed by atoms with E-state index in [0.29, 0.717) is 54.8 Å². The number of carboxylic acids is 2. The smallest absolute Gasteiger partial charge is 1.00 e. The van der Waals surface area contributed by atoms with Crippen molar-refractivity contribution in [3.8, 4) is 11.5 Å². The van der Waals surface area contributed by atoms with Gasteiger partial charge in [0.25, 0.3) is 0 Å². The maximum Gasteiger partial charge on any atom is 1.00 e. The number of benzene rings is 2. The molecule has 0 amide bonds. The van der Waals surface area contributed by atoms with E-state index in [2.05, 4.69) is 325 Å². The van der Waals surface area contributed by atoms with Crippen molar-refractivity contribution in [2.75, 3.05) is 84.1 Å². The first-order valence-corrected chi connectivity index (χ1v) is 53.9. The zero-order valence-electron chi connectivity index (χ0n) is 80.4. The first kappa shape index (κ1) is 128. The summed E-state index contributed by atoms with van der Waals surface area (Å²) in [6.45, 7) is 23.6. The van der Waals surface area contributed by atoms with Gasteiger partial charge in [0.15, 0.2) is 11.4 Å². The van der Waals surface area contributed by atoms with Crippen LogP contribution in [0.2, 0.25) is 0 Å². The third kappa shape index (κ3) is 37.8. The first-order valence-electron chi connectivity index (χ1n) is 43.9. The second-order valence-electron chi connectivity index (χ2n) is 36.3. The number of methoxy groups -OCH3 is 2. The van der Waals surface area contributed by atoms with E-state index in [-0.39, 0.29) is 171 Å². The number of carbonyl (C=O) groups is 4. The number of nitrogens with zero attached hydrogens (tertiary/aromatic N) is 10. The fraction of sp³-hybridized carbons (Fsp3) is 0.455. The molecule has 8 aliphatic heterocycles. The van der Waals surface area contributed by atoms with Gasteiger partial charge in [-0.1, -0.05) is 191 Å². The van der Waals surface area contributed by atoms with E-state index in [1.807, 2.05) is 12.3 Å². The molecule has 0 fully saturated rings. The van der Waals surface area contributed by atoms with Crippen LogP contribution in [0.3, 0.4) is 0 Å². The molecule has 0 saturated carbocycles. The van der Waals surface area contributed by atoms with Crippen LogP contribution in [0.4, 0.5) is 11.6 Å². The molecule has 8 aliphatic rings. The number of hydrogen-bond acceptors (Lipinski definition) is 20. The van der Waals surface area contributed by atoms with Gasteiger partial charge in [-0.15, -0.1) is 0 Å². The van der Waals surface area contributed by atoms with E-state index in [4.69, 9.17) is 61.1 Å². The van der Waals surface area contributed by atoms with Crippen molar-refractivity contribution in [2.24, 2.45) is 30.8 Å². The third-order valence-electron chi connectivity index (χ3n) is 23.7. The van der Waals surface area contributed by atoms with Crippen molar-refractivity contribution < 1.29 is 200 Å². The summed E-state index contributed by atoms with van der Waals surface area (Å²) in [6, 6.07) is 18.3. The van der Waals surface area contributed by atoms with E-state index in [9.17, 15) is 45.1 Å². The van der Waals surface area contributed by atoms with Gasteiger partial charge in [0.1, 0.15) is 75.3 Å². The first-order chi connectivity index (χ1) is 62.1. The van der Waals surface area contributed by atoms with Gasteiger partial charge in [-0.2, -0.15) is 0 Å². The van der Waals surface area contributed by atoms with Gasteiger partial charge in [0.2, 0.25) is 0 Å². The Morgan fingerprint density at radius 1 is 0.526 bits per heavy atom. The number of phenolic OH excluding ortho intramolecular Hbond substituents is 1. The van der Waals surface area contributed by atoms with Crippen LogP contribution in [0.5, 0.6) is 11.5 Å². The van der Waals surface area contributed by atoms with Crippen LogP contribution < -0.4 is 121 Å². The van der Waals surface area contributed by atoms with Gasteiger partial charge >= 0.3 is 94.6 Å². The number of unbranched alkanes of at least 4 members (excludes halogenated alkanes) is 8. The number of esters is 2. The van der Waals surface area contributed by atoms with Gasteiger partial charge in [-0.05, 0) is 229 Å². The number of allylic oxidation sites excluding steroid dienone is 12. The molecular formula is C99H128ClI7N10Na2O16S2+2. The van der Waals surface area contributed by atoms with E-state index in [1.54, 1.807) is 0 Å². The monoisotopic (exact) mass is 2750 g/mol. The number of aromatic nitrogens is 2. The molecule has 26 nitrogen and oxygen atoms in total. The number of aryl methyl sites for hydroxylation is 2. The molecule has 38 heteroatoms. The van der Waals surface area contributed by atoms with Gasteiger partial charge in [0.05, 0.1) is 119 Å². The summed E-state index contributed by atoms with van der Waals surface area (Å²) < 4.78 is 90.1. The van der Waals surface area contributed by atoms with Gasteiger partial charge in [-0.25, -0.2) is 36.0 Å². The van der Waals surface area contributed by atoms with E-state index in [1.165, 1.54) is 52.1 Å². The third-order valence-corrected chi connectivity index (χ3v) is 25.9. The number of rotatable bonds is 34. The van der Waals surface area contributed by atoms with Crippen LogP contribution in [-0.2, 0) is 72.8 Å². The topological polar surface area (TPSA) is 335 Å². The summed E-state index contributed by atoms with van der Waals surface area (Å²) in [6.07, 6.45) is 44.9. The SMILES string of the molecule is C.COC(=O)CCCCCN1C=CC=C2C1=N/C(=C/C=C1\C[N+](C)(C)CC(/C=C/C3=Nc4c(ccc[n+]4CCCCCC(=O)O)C3(C)C)=C1Cl)C2(C)C.COC(=O)CCCCCN1C=CC=C2C1=N/C(=C/C=C1\C[N+](C)(C)CC(/C=C/C3=Nc4c(ccc[n+]4CCCCCC(=O)O)C3(C)C)=C1Oc1ccc(S(=O)(=O)[O-])cc1)C2(C)C.IC(I)I.ICI.O=S(=O)([O-])c1ccc(O)cc1.[I-].[I-].[Na+].[Na+]. The standard InChI is InChI=1S/C48H59N5O8S.C42H55ClN5O4.C6H6O4S.CHI3.CH2I2.CH4.2HI.2Na/c1-47(2)38-16-14-30-51(28-12-8-10-18-42(54)55)45(38)49-40(47)26-20-34-32-53(5,6)33-35(44(34)61-36-22-24-37(25-23-36)62(57,58)59)21-27-41-48(3,4)39-17-15-31-52(46(39)50-41)29-13-9-11-19-43(56)60-7;1-41(2)32-16-14-26-46(24-12-8-10-18-36(49)50)39(32)44-34(41)22-20-30-28-48(5,6)29-31(38(30)43)21-23-35-42(3,4)33-17-15-27-47(40(33)45-35)25-13-9-11-19-37(51)52-7;7-5-1-3-6(4-2-5)11(8,9)10;2-1(3)4;2-1-3;;;;;/h14-17,20-27,30-31H,8-13,18-19,28-29,32-33H2,1-7H3;14-17,20-23,26-27H,8-13,18-19,24-25,28-29H2,1-7H3;1-4,7H,(H,8,9,10);1H;1H2;1H4;2*1H;;/q;+1;;;;;;;2*+1/p-1. The molecule has 4 aromatic rings. The maximum atomic E-state index is 11.8. The maximum absolute atomic E-state index is 11.8. The van der Waals surface area contributed by atoms with Crippen LogP contribution in [0.25, 0.3) is 0 Å². The van der Waals surface area contributed by atoms with Crippen LogP contribution in [0.1, 0.15) is 177 Å². The average molecular weight is 2750 g/mol. The number of quaternary nitrogens is 2. The Balaban J connectivity index is 0.000000583. The number of aliphatic carboxylic acids is 2. The predicted molar refractivity (Wildman–Crippen MR) is 568 cm³/mol. The molecule has 0 bridgehead atoms. The Hall–Kier alpha value is -3.48. The molecule has 0 saturated heterocycles. The Kier molecular flexibility index (Phi) is 54.8. The molecule has 0 aliphatic carbocycles. The van der Waals surface area contributed by atoms with Gasteiger partial charge in [-0.3, -0.25) is 19.2 Å². The molecule has 3 N–H and O–H groups in total. The van der Waals surface area contributed by atoms with Gasteiger partial charge < -0.3 is 105 Å². The van der Waals surface area contributed by atoms with Gasteiger partial charge in [0, 0.05) is 95.4 Å². The number of carbonyl (C=O) groups excluding carboxylic acids is 2. The van der Waals surface area contributed by atoms with E-state index in [0.717, 1.165) is 217 Å². The Morgan fingerprint density at radius 2 is 0.891 bits per heavy atom. The number of pyridine rings is 2. The number of aromatic hydroxyl groups is 1. The molecule has 0 spiro atoms. The zero-order valence-corrected chi connectivity index (χ0v) is 102. The van der Waals surface area contributed by atoms with Crippen LogP contribution >= 0.6 is 125 Å². The van der Waals surface area contributed by atoms with E-state index >= 15 is 0 Å². The average Bonchev–Trinajstić information content (AvgIpc) is 1.63. The van der Waals surface area contributed by atoms with Crippen molar-refractivity contribution in [1.82, 2.24) is 9.80 Å². The fourth-order valence-corrected chi connectivity index (χ4v) is 17.6. The molecule has 0 atom stereocenters. The summed E-state index contributed by atoms with van der Waals surface area (Å²) in [5.74, 6) is 2.88. The number of ether oxygens (including phenoxy) is 3. The predicted octanol–water partition coefficient (Wildman–Crippen LogP) is 8.80. The Morgan fingerprint density at radius 3 is 1.28 bits per heavy atom. The molecule has 0 unspecified atom stereocenters. The molecule has 2 aromatic carbocycles. The normalized spacial score (nSPS) is 18.5. The second-order valence-corrected chi connectivity index (χ2v) is 54.8. The molecule has 10 heterocycles. The van der Waals surface area contributed by atoms with Crippen molar-refractivity contribution in [2.45, 2.75) is 199 Å². The summed E-state index contributed by atoms with van der Waals surface area (Å²) in [4.78, 5) is 69.4. The summed E-state index contributed by atoms with van der Waals surface area (Å²) >= 11 is 18.7. The molecule has 137 heavy (non-hydrogen) atoms. The zero-order chi connectivity index (χ0) is 97.3. The molecule has 0 radical (unpaired) electrons. The summed E-state index contributed by atoms with van der Waals surface area (Å²) in [5, 5.41) is 27.5. The number of fused-ring (bicyclic) bond motifs is 4. The second kappa shape index (κ2) is 58.8. The number of aliphatic imine (C=N–C) groups is 4. The van der Waals surface area contributed by atoms with Crippen molar-refractivity contribution in [3.05, 3.63) is 237 Å². The molecular weight excluding hydrogens is 2620 g/mol. The number of likely N-dealkylation sites (N-methyl/N-ethyl adjacent to an activating group) is 2. The summed E-state index contributed by atoms with van der Waals surface area (Å²) in [7, 11) is 2.63. The quantitative estimate of drug-likeness (QED) is 0.00574. The summed E-state index contributed by atoms with van der Waals surface area (Å²) in [5.41, 5.74) is 11.1. The molecule has 2 aromatic heterocycles. The minimum Gasteiger partial charge on any atom is -1.00 e. The largest absolute Gasteiger partial charge is 1.00 e. The molecule has 738 valence electrons. The van der Waals surface area contributed by atoms with E-state index < -0.39 is 37.6 Å². The fourth-order valence-electron chi connectivity index (χ4n) is 16.4. The van der Waals surface area contributed by atoms with Crippen LogP contribution in [0, 0.1) is 10.8 Å². The Bertz CT molecular complexity index is 5660. The van der Waals surface area contributed by atoms with Crippen molar-refractivity contribution in [1.29, 1.82) is 0 Å².